The zero-order valence-corrected chi connectivity index (χ0v) is 13.9. The average Bonchev–Trinajstić information content (AvgIpc) is 2.72. The molecule has 0 aliphatic rings. The van der Waals surface area contributed by atoms with Gasteiger partial charge < -0.3 is 9.84 Å². The van der Waals surface area contributed by atoms with Crippen LogP contribution in [0.25, 0.3) is 0 Å². The van der Waals surface area contributed by atoms with Crippen LogP contribution in [0.3, 0.4) is 0 Å². The Balaban J connectivity index is 2.29. The maximum absolute atomic E-state index is 11.2. The molecule has 0 amide bonds. The van der Waals surface area contributed by atoms with E-state index in [0.717, 1.165) is 12.1 Å². The van der Waals surface area contributed by atoms with Crippen molar-refractivity contribution in [2.75, 3.05) is 0 Å². The second kappa shape index (κ2) is 6.49. The van der Waals surface area contributed by atoms with E-state index in [4.69, 9.17) is 16.3 Å². The molecule has 0 bridgehead atoms. The highest BCUT2D eigenvalue weighted by atomic mass is 79.9. The summed E-state index contributed by atoms with van der Waals surface area (Å²) in [7, 11) is 1.78. The van der Waals surface area contributed by atoms with Gasteiger partial charge in [-0.25, -0.2) is 4.79 Å². The largest absolute Gasteiger partial charge is 0.485 e. The lowest BCUT2D eigenvalue weighted by Gasteiger charge is -2.11. The molecule has 0 saturated heterocycles. The van der Waals surface area contributed by atoms with Crippen molar-refractivity contribution in [3.63, 3.8) is 0 Å². The van der Waals surface area contributed by atoms with Crippen LogP contribution in [-0.2, 0) is 20.1 Å². The number of aryl methyl sites for hydroxylation is 2. The third kappa shape index (κ3) is 3.22. The van der Waals surface area contributed by atoms with Crippen LogP contribution in [0, 0.1) is 0 Å². The lowest BCUT2D eigenvalue weighted by molar-refractivity contribution is 0.0691. The van der Waals surface area contributed by atoms with E-state index in [1.807, 2.05) is 6.92 Å². The van der Waals surface area contributed by atoms with Crippen LogP contribution in [0.15, 0.2) is 22.7 Å². The molecular formula is C14H14BrClN2O3. The molecular weight excluding hydrogens is 360 g/mol. The van der Waals surface area contributed by atoms with E-state index < -0.39 is 5.97 Å². The normalized spacial score (nSPS) is 10.7. The Labute approximate surface area is 135 Å². The molecule has 0 aliphatic carbocycles. The van der Waals surface area contributed by atoms with Crippen LogP contribution < -0.4 is 4.74 Å². The van der Waals surface area contributed by atoms with Crippen molar-refractivity contribution >= 4 is 33.5 Å². The number of carbonyl (C=O) groups is 1. The van der Waals surface area contributed by atoms with Crippen molar-refractivity contribution in [1.82, 2.24) is 9.78 Å². The molecule has 1 heterocycles. The van der Waals surface area contributed by atoms with Crippen molar-refractivity contribution < 1.29 is 14.6 Å². The second-order valence-corrected chi connectivity index (χ2v) is 5.63. The topological polar surface area (TPSA) is 64.4 Å². The van der Waals surface area contributed by atoms with Gasteiger partial charge in [-0.1, -0.05) is 24.6 Å². The van der Waals surface area contributed by atoms with Gasteiger partial charge in [0.2, 0.25) is 0 Å². The van der Waals surface area contributed by atoms with Gasteiger partial charge in [-0.2, -0.15) is 5.10 Å². The minimum atomic E-state index is -1.04. The molecule has 1 aromatic carbocycles. The number of benzene rings is 1. The van der Waals surface area contributed by atoms with Crippen LogP contribution in [0.2, 0.25) is 5.02 Å². The molecule has 2 aromatic rings. The van der Waals surface area contributed by atoms with Crippen molar-refractivity contribution in [2.24, 2.45) is 7.05 Å². The predicted molar refractivity (Wildman–Crippen MR) is 83.0 cm³/mol. The Morgan fingerprint density at radius 1 is 1.52 bits per heavy atom. The summed E-state index contributed by atoms with van der Waals surface area (Å²) in [6, 6.07) is 4.86. The number of para-hydroxylation sites is 1. The van der Waals surface area contributed by atoms with Crippen LogP contribution in [0.5, 0.6) is 5.75 Å². The van der Waals surface area contributed by atoms with Gasteiger partial charge in [0.05, 0.1) is 20.9 Å². The molecule has 5 nitrogen and oxygen atoms in total. The third-order valence-electron chi connectivity index (χ3n) is 3.05. The van der Waals surface area contributed by atoms with E-state index in [-0.39, 0.29) is 17.9 Å². The van der Waals surface area contributed by atoms with Crippen molar-refractivity contribution in [2.45, 2.75) is 20.0 Å². The van der Waals surface area contributed by atoms with Gasteiger partial charge in [0.25, 0.3) is 0 Å². The summed E-state index contributed by atoms with van der Waals surface area (Å²) in [6.45, 7) is 2.11. The van der Waals surface area contributed by atoms with Gasteiger partial charge in [0.1, 0.15) is 17.9 Å². The molecule has 21 heavy (non-hydrogen) atoms. The number of hydrogen-bond donors (Lipinski definition) is 1. The number of halogens is 2. The summed E-state index contributed by atoms with van der Waals surface area (Å²) in [5, 5.41) is 14.1. The number of hydrogen-bond acceptors (Lipinski definition) is 3. The van der Waals surface area contributed by atoms with Crippen molar-refractivity contribution in [1.29, 1.82) is 0 Å². The van der Waals surface area contributed by atoms with Gasteiger partial charge in [-0.3, -0.25) is 4.68 Å². The molecule has 1 aromatic heterocycles. The number of aromatic nitrogens is 2. The highest BCUT2D eigenvalue weighted by Crippen LogP contribution is 2.31. The lowest BCUT2D eigenvalue weighted by Crippen LogP contribution is -2.07. The third-order valence-corrected chi connectivity index (χ3v) is 4.11. The number of nitrogens with zero attached hydrogens (tertiary/aromatic N) is 2. The van der Waals surface area contributed by atoms with Gasteiger partial charge in [-0.15, -0.1) is 0 Å². The first kappa shape index (κ1) is 15.9. The summed E-state index contributed by atoms with van der Waals surface area (Å²) in [4.78, 5) is 11.2. The fourth-order valence-corrected chi connectivity index (χ4v) is 2.77. The Hall–Kier alpha value is -1.53. The van der Waals surface area contributed by atoms with E-state index in [2.05, 4.69) is 21.0 Å². The molecule has 2 rings (SSSR count). The minimum absolute atomic E-state index is 0.0957. The summed E-state index contributed by atoms with van der Waals surface area (Å²) >= 11 is 9.55. The van der Waals surface area contributed by atoms with Gasteiger partial charge in [-0.05, 0) is 34.5 Å². The Bertz CT molecular complexity index is 685. The molecule has 112 valence electrons. The van der Waals surface area contributed by atoms with Gasteiger partial charge >= 0.3 is 5.97 Å². The zero-order chi connectivity index (χ0) is 15.6. The van der Waals surface area contributed by atoms with E-state index in [1.165, 1.54) is 6.07 Å². The number of ether oxygens (including phenoxy) is 1. The van der Waals surface area contributed by atoms with Gasteiger partial charge in [0, 0.05) is 7.05 Å². The van der Waals surface area contributed by atoms with E-state index in [9.17, 15) is 9.90 Å². The standard InChI is InChI=1S/C14H14BrClN2O3/c1-3-10-12(16)11(18(2)17-10)7-21-13-8(14(19)20)5-4-6-9(13)15/h4-6H,3,7H2,1-2H3,(H,19,20). The number of aromatic carboxylic acids is 1. The maximum atomic E-state index is 11.2. The quantitative estimate of drug-likeness (QED) is 0.868. The monoisotopic (exact) mass is 372 g/mol. The maximum Gasteiger partial charge on any atom is 0.339 e. The zero-order valence-electron chi connectivity index (χ0n) is 11.6. The summed E-state index contributed by atoms with van der Waals surface area (Å²) in [5.41, 5.74) is 1.60. The van der Waals surface area contributed by atoms with Crippen LogP contribution in [-0.4, -0.2) is 20.9 Å². The molecule has 7 heteroatoms. The highest BCUT2D eigenvalue weighted by molar-refractivity contribution is 9.10. The minimum Gasteiger partial charge on any atom is -0.485 e. The molecule has 0 spiro atoms. The first-order valence-corrected chi connectivity index (χ1v) is 7.47. The number of carboxylic acids is 1. The van der Waals surface area contributed by atoms with E-state index in [0.29, 0.717) is 15.2 Å². The average molecular weight is 374 g/mol. The molecule has 0 unspecified atom stereocenters. The lowest BCUT2D eigenvalue weighted by atomic mass is 10.2. The molecule has 0 radical (unpaired) electrons. The first-order valence-electron chi connectivity index (χ1n) is 6.30. The Morgan fingerprint density at radius 2 is 2.24 bits per heavy atom. The SMILES string of the molecule is CCc1nn(C)c(COc2c(Br)cccc2C(=O)O)c1Cl. The fourth-order valence-electron chi connectivity index (χ4n) is 1.94. The summed E-state index contributed by atoms with van der Waals surface area (Å²) in [6.07, 6.45) is 0.724. The fraction of sp³-hybridized carbons (Fsp3) is 0.286. The Kier molecular flexibility index (Phi) is 4.90. The van der Waals surface area contributed by atoms with Crippen molar-refractivity contribution in [3.8, 4) is 5.75 Å². The Morgan fingerprint density at radius 3 is 2.81 bits per heavy atom. The van der Waals surface area contributed by atoms with Crippen LogP contribution >= 0.6 is 27.5 Å². The van der Waals surface area contributed by atoms with Gasteiger partial charge in [0.15, 0.2) is 0 Å². The second-order valence-electron chi connectivity index (χ2n) is 4.39. The molecule has 0 aliphatic heterocycles. The first-order chi connectivity index (χ1) is 9.95. The molecule has 1 N–H and O–H groups in total. The molecule has 0 fully saturated rings. The molecule has 0 saturated carbocycles. The van der Waals surface area contributed by atoms with Crippen LogP contribution in [0.4, 0.5) is 0 Å². The van der Waals surface area contributed by atoms with E-state index >= 15 is 0 Å². The number of carboxylic acid groups (broad SMARTS) is 1. The highest BCUT2D eigenvalue weighted by Gasteiger charge is 2.17. The van der Waals surface area contributed by atoms with E-state index in [1.54, 1.807) is 23.9 Å². The van der Waals surface area contributed by atoms with Crippen molar-refractivity contribution in [3.05, 3.63) is 44.6 Å². The smallest absolute Gasteiger partial charge is 0.339 e. The number of rotatable bonds is 5. The summed E-state index contributed by atoms with van der Waals surface area (Å²) in [5.74, 6) is -0.767. The predicted octanol–water partition coefficient (Wildman–Crippen LogP) is 3.68. The summed E-state index contributed by atoms with van der Waals surface area (Å²) < 4.78 is 7.89. The van der Waals surface area contributed by atoms with Crippen LogP contribution in [0.1, 0.15) is 28.7 Å². The molecule has 0 atom stereocenters.